The molecule has 1 aliphatic heterocycles. The standard InChI is InChI=1S/C17H21N9O/c1-12-13(2)26(11-20-12)16-8-15(18-10-19-16)24-4-6-25(7-5-24)17(27)14-9-23(3)22-21-14/h8-11H,4-7H2,1-3H3. The molecule has 1 aliphatic rings. The number of hydrogen-bond donors (Lipinski definition) is 0. The first-order chi connectivity index (χ1) is 13.0. The number of anilines is 1. The number of carbonyl (C=O) groups excluding carboxylic acids is 1. The molecular formula is C17H21N9O. The molecule has 4 heterocycles. The zero-order valence-corrected chi connectivity index (χ0v) is 15.6. The molecule has 3 aromatic heterocycles. The van der Waals surface area contributed by atoms with E-state index in [0.29, 0.717) is 31.9 Å². The molecule has 0 aromatic carbocycles. The van der Waals surface area contributed by atoms with Crippen LogP contribution in [0.25, 0.3) is 5.82 Å². The molecule has 140 valence electrons. The Morgan fingerprint density at radius 3 is 2.41 bits per heavy atom. The lowest BCUT2D eigenvalue weighted by atomic mass is 10.2. The van der Waals surface area contributed by atoms with E-state index in [0.717, 1.165) is 23.0 Å². The fourth-order valence-electron chi connectivity index (χ4n) is 3.12. The number of aromatic nitrogens is 7. The summed E-state index contributed by atoms with van der Waals surface area (Å²) in [6.07, 6.45) is 4.98. The Labute approximate surface area is 156 Å². The third-order valence-electron chi connectivity index (χ3n) is 4.85. The van der Waals surface area contributed by atoms with Crippen LogP contribution >= 0.6 is 0 Å². The van der Waals surface area contributed by atoms with Crippen molar-refractivity contribution in [3.8, 4) is 5.82 Å². The van der Waals surface area contributed by atoms with Gasteiger partial charge in [0.15, 0.2) is 5.69 Å². The van der Waals surface area contributed by atoms with Crippen LogP contribution in [0.3, 0.4) is 0 Å². The molecule has 10 heteroatoms. The smallest absolute Gasteiger partial charge is 0.276 e. The van der Waals surface area contributed by atoms with E-state index in [1.807, 2.05) is 24.5 Å². The molecule has 1 fully saturated rings. The molecule has 0 atom stereocenters. The van der Waals surface area contributed by atoms with Gasteiger partial charge < -0.3 is 9.80 Å². The Bertz CT molecular complexity index is 968. The van der Waals surface area contributed by atoms with Gasteiger partial charge >= 0.3 is 0 Å². The maximum Gasteiger partial charge on any atom is 0.276 e. The summed E-state index contributed by atoms with van der Waals surface area (Å²) >= 11 is 0. The first-order valence-corrected chi connectivity index (χ1v) is 8.76. The highest BCUT2D eigenvalue weighted by molar-refractivity contribution is 5.92. The van der Waals surface area contributed by atoms with E-state index in [-0.39, 0.29) is 5.91 Å². The third-order valence-corrected chi connectivity index (χ3v) is 4.85. The van der Waals surface area contributed by atoms with Gasteiger partial charge in [-0.2, -0.15) is 0 Å². The normalized spacial score (nSPS) is 14.6. The molecule has 0 N–H and O–H groups in total. The molecule has 10 nitrogen and oxygen atoms in total. The number of carbonyl (C=O) groups is 1. The highest BCUT2D eigenvalue weighted by Crippen LogP contribution is 2.18. The third kappa shape index (κ3) is 3.25. The van der Waals surface area contributed by atoms with Crippen molar-refractivity contribution in [2.24, 2.45) is 7.05 Å². The molecule has 0 bridgehead atoms. The van der Waals surface area contributed by atoms with Crippen LogP contribution in [0.4, 0.5) is 5.82 Å². The average molecular weight is 367 g/mol. The van der Waals surface area contributed by atoms with Gasteiger partial charge in [0, 0.05) is 45.0 Å². The van der Waals surface area contributed by atoms with Gasteiger partial charge in [-0.15, -0.1) is 5.10 Å². The minimum atomic E-state index is -0.0874. The number of rotatable bonds is 3. The topological polar surface area (TPSA) is 97.9 Å². The van der Waals surface area contributed by atoms with Gasteiger partial charge in [-0.05, 0) is 13.8 Å². The lowest BCUT2D eigenvalue weighted by Gasteiger charge is -2.35. The predicted molar refractivity (Wildman–Crippen MR) is 97.7 cm³/mol. The van der Waals surface area contributed by atoms with Crippen molar-refractivity contribution in [2.45, 2.75) is 13.8 Å². The number of piperazine rings is 1. The van der Waals surface area contributed by atoms with Crippen LogP contribution in [0.1, 0.15) is 21.9 Å². The van der Waals surface area contributed by atoms with Crippen LogP contribution in [0.5, 0.6) is 0 Å². The molecule has 0 unspecified atom stereocenters. The van der Waals surface area contributed by atoms with Crippen LogP contribution in [-0.4, -0.2) is 71.5 Å². The van der Waals surface area contributed by atoms with E-state index in [9.17, 15) is 4.79 Å². The zero-order valence-electron chi connectivity index (χ0n) is 15.6. The van der Waals surface area contributed by atoms with Crippen molar-refractivity contribution in [3.05, 3.63) is 42.0 Å². The van der Waals surface area contributed by atoms with E-state index in [1.165, 1.54) is 4.68 Å². The van der Waals surface area contributed by atoms with Gasteiger partial charge in [-0.25, -0.2) is 15.0 Å². The Balaban J connectivity index is 1.46. The van der Waals surface area contributed by atoms with Gasteiger partial charge in [0.1, 0.15) is 24.3 Å². The summed E-state index contributed by atoms with van der Waals surface area (Å²) < 4.78 is 3.49. The monoisotopic (exact) mass is 367 g/mol. The summed E-state index contributed by atoms with van der Waals surface area (Å²) in [5.41, 5.74) is 2.41. The number of imidazole rings is 1. The Morgan fingerprint density at radius 1 is 1.04 bits per heavy atom. The maximum atomic E-state index is 12.5. The quantitative estimate of drug-likeness (QED) is 0.660. The van der Waals surface area contributed by atoms with Crippen molar-refractivity contribution >= 4 is 11.7 Å². The molecule has 0 aliphatic carbocycles. The summed E-state index contributed by atoms with van der Waals surface area (Å²) in [7, 11) is 1.75. The second kappa shape index (κ2) is 6.78. The number of aryl methyl sites for hydroxylation is 2. The van der Waals surface area contributed by atoms with E-state index in [2.05, 4.69) is 30.2 Å². The molecule has 1 saturated heterocycles. The van der Waals surface area contributed by atoms with Crippen LogP contribution in [0, 0.1) is 13.8 Å². The SMILES string of the molecule is Cc1ncn(-c2cc(N3CCN(C(=O)c4cn(C)nn4)CC3)ncn2)c1C. The van der Waals surface area contributed by atoms with Crippen molar-refractivity contribution in [1.82, 2.24) is 39.4 Å². The number of hydrogen-bond acceptors (Lipinski definition) is 7. The first-order valence-electron chi connectivity index (χ1n) is 8.76. The minimum Gasteiger partial charge on any atom is -0.353 e. The van der Waals surface area contributed by atoms with Crippen LogP contribution in [0.2, 0.25) is 0 Å². The van der Waals surface area contributed by atoms with Crippen molar-refractivity contribution in [1.29, 1.82) is 0 Å². The largest absolute Gasteiger partial charge is 0.353 e. The fourth-order valence-corrected chi connectivity index (χ4v) is 3.12. The lowest BCUT2D eigenvalue weighted by molar-refractivity contribution is 0.0740. The summed E-state index contributed by atoms with van der Waals surface area (Å²) in [6.45, 7) is 6.60. The molecule has 0 saturated carbocycles. The second-order valence-electron chi connectivity index (χ2n) is 6.58. The summed E-state index contributed by atoms with van der Waals surface area (Å²) in [5.74, 6) is 1.55. The summed E-state index contributed by atoms with van der Waals surface area (Å²) in [5, 5.41) is 7.73. The fraction of sp³-hybridized carbons (Fsp3) is 0.412. The molecule has 1 amide bonds. The average Bonchev–Trinajstić information content (AvgIpc) is 3.27. The molecule has 3 aromatic rings. The van der Waals surface area contributed by atoms with Crippen molar-refractivity contribution < 1.29 is 4.79 Å². The highest BCUT2D eigenvalue weighted by atomic mass is 16.2. The lowest BCUT2D eigenvalue weighted by Crippen LogP contribution is -2.49. The van der Waals surface area contributed by atoms with Crippen molar-refractivity contribution in [2.75, 3.05) is 31.1 Å². The van der Waals surface area contributed by atoms with Gasteiger partial charge in [0.2, 0.25) is 0 Å². The Hall–Kier alpha value is -3.30. The predicted octanol–water partition coefficient (Wildman–Crippen LogP) is 0.370. The molecule has 0 radical (unpaired) electrons. The van der Waals surface area contributed by atoms with E-state index < -0.39 is 0 Å². The number of nitrogens with zero attached hydrogens (tertiary/aromatic N) is 9. The second-order valence-corrected chi connectivity index (χ2v) is 6.58. The molecule has 4 rings (SSSR count). The van der Waals surface area contributed by atoms with Crippen LogP contribution in [0.15, 0.2) is 24.9 Å². The number of amides is 1. The van der Waals surface area contributed by atoms with Crippen LogP contribution in [-0.2, 0) is 7.05 Å². The summed E-state index contributed by atoms with van der Waals surface area (Å²) in [4.78, 5) is 29.5. The molecule has 27 heavy (non-hydrogen) atoms. The maximum absolute atomic E-state index is 12.5. The highest BCUT2D eigenvalue weighted by Gasteiger charge is 2.25. The van der Waals surface area contributed by atoms with Crippen molar-refractivity contribution in [3.63, 3.8) is 0 Å². The van der Waals surface area contributed by atoms with E-state index in [4.69, 9.17) is 0 Å². The molecular weight excluding hydrogens is 346 g/mol. The van der Waals surface area contributed by atoms with E-state index >= 15 is 0 Å². The Kier molecular flexibility index (Phi) is 4.30. The first kappa shape index (κ1) is 17.1. The van der Waals surface area contributed by atoms with Gasteiger partial charge in [-0.3, -0.25) is 14.0 Å². The van der Waals surface area contributed by atoms with E-state index in [1.54, 1.807) is 30.8 Å². The minimum absolute atomic E-state index is 0.0874. The zero-order chi connectivity index (χ0) is 19.0. The van der Waals surface area contributed by atoms with Gasteiger partial charge in [-0.1, -0.05) is 5.21 Å². The van der Waals surface area contributed by atoms with Gasteiger partial charge in [0.05, 0.1) is 11.9 Å². The summed E-state index contributed by atoms with van der Waals surface area (Å²) in [6, 6.07) is 1.95. The van der Waals surface area contributed by atoms with Gasteiger partial charge in [0.25, 0.3) is 5.91 Å². The molecule has 0 spiro atoms. The Morgan fingerprint density at radius 2 is 1.78 bits per heavy atom. The van der Waals surface area contributed by atoms with Crippen LogP contribution < -0.4 is 4.90 Å².